The summed E-state index contributed by atoms with van der Waals surface area (Å²) >= 11 is 0. The number of anilines is 1. The molecule has 0 amide bonds. The van der Waals surface area contributed by atoms with E-state index >= 15 is 0 Å². The molecule has 2 aromatic heterocycles. The van der Waals surface area contributed by atoms with Crippen LogP contribution in [0.5, 0.6) is 0 Å². The van der Waals surface area contributed by atoms with Gasteiger partial charge < -0.3 is 10.4 Å². The average Bonchev–Trinajstić information content (AvgIpc) is 2.62. The van der Waals surface area contributed by atoms with Gasteiger partial charge in [0.25, 0.3) is 0 Å². The number of aromatic nitrogens is 3. The summed E-state index contributed by atoms with van der Waals surface area (Å²) in [6.07, 6.45) is 1.71. The molecule has 0 aliphatic heterocycles. The summed E-state index contributed by atoms with van der Waals surface area (Å²) in [5.74, 6) is 0.731. The molecule has 0 saturated heterocycles. The molecule has 5 nitrogen and oxygen atoms in total. The SMILES string of the molecule is CC(CO)Nc1n[nH]c2ncccc12. The van der Waals surface area contributed by atoms with Crippen LogP contribution in [0.1, 0.15) is 6.92 Å². The predicted molar refractivity (Wildman–Crippen MR) is 54.1 cm³/mol. The summed E-state index contributed by atoms with van der Waals surface area (Å²) in [5, 5.41) is 19.8. The summed E-state index contributed by atoms with van der Waals surface area (Å²) in [4.78, 5) is 4.11. The second kappa shape index (κ2) is 3.63. The van der Waals surface area contributed by atoms with Crippen LogP contribution in [0.4, 0.5) is 5.82 Å². The molecule has 0 fully saturated rings. The molecule has 2 aromatic rings. The molecule has 0 bridgehead atoms. The third-order valence-corrected chi connectivity index (χ3v) is 1.99. The van der Waals surface area contributed by atoms with Crippen LogP contribution < -0.4 is 5.32 Å². The van der Waals surface area contributed by atoms with E-state index in [4.69, 9.17) is 5.11 Å². The first-order chi connectivity index (χ1) is 6.81. The lowest BCUT2D eigenvalue weighted by Crippen LogP contribution is -2.19. The minimum absolute atomic E-state index is 0.0123. The van der Waals surface area contributed by atoms with Gasteiger partial charge in [0.1, 0.15) is 0 Å². The molecule has 0 aliphatic carbocycles. The monoisotopic (exact) mass is 192 g/mol. The second-order valence-electron chi connectivity index (χ2n) is 3.20. The van der Waals surface area contributed by atoms with Crippen molar-refractivity contribution in [3.8, 4) is 0 Å². The fourth-order valence-electron chi connectivity index (χ4n) is 1.24. The van der Waals surface area contributed by atoms with E-state index in [0.29, 0.717) is 0 Å². The highest BCUT2D eigenvalue weighted by Crippen LogP contribution is 2.17. The molecule has 2 heterocycles. The molecule has 0 radical (unpaired) electrons. The Morgan fingerprint density at radius 2 is 2.50 bits per heavy atom. The first-order valence-corrected chi connectivity index (χ1v) is 4.47. The number of aromatic amines is 1. The highest BCUT2D eigenvalue weighted by molar-refractivity contribution is 5.86. The normalized spacial score (nSPS) is 13.0. The number of rotatable bonds is 3. The summed E-state index contributed by atoms with van der Waals surface area (Å²) in [6.45, 7) is 1.96. The third kappa shape index (κ3) is 1.54. The zero-order chi connectivity index (χ0) is 9.97. The van der Waals surface area contributed by atoms with Crippen LogP contribution >= 0.6 is 0 Å². The van der Waals surface area contributed by atoms with Gasteiger partial charge in [-0.3, -0.25) is 5.10 Å². The van der Waals surface area contributed by atoms with Gasteiger partial charge in [0.2, 0.25) is 0 Å². The predicted octanol–water partition coefficient (Wildman–Crippen LogP) is 0.751. The minimum atomic E-state index is -0.0123. The number of fused-ring (bicyclic) bond motifs is 1. The van der Waals surface area contributed by atoms with Crippen molar-refractivity contribution in [2.45, 2.75) is 13.0 Å². The van der Waals surface area contributed by atoms with Gasteiger partial charge in [0.15, 0.2) is 11.5 Å². The quantitative estimate of drug-likeness (QED) is 0.671. The second-order valence-corrected chi connectivity index (χ2v) is 3.20. The molecule has 74 valence electrons. The summed E-state index contributed by atoms with van der Waals surface area (Å²) < 4.78 is 0. The van der Waals surface area contributed by atoms with Crippen molar-refractivity contribution in [1.82, 2.24) is 15.2 Å². The maximum Gasteiger partial charge on any atom is 0.157 e. The maximum atomic E-state index is 8.89. The average molecular weight is 192 g/mol. The fourth-order valence-corrected chi connectivity index (χ4v) is 1.24. The Balaban J connectivity index is 2.33. The molecule has 0 aromatic carbocycles. The van der Waals surface area contributed by atoms with E-state index in [9.17, 15) is 0 Å². The maximum absolute atomic E-state index is 8.89. The van der Waals surface area contributed by atoms with Crippen molar-refractivity contribution >= 4 is 16.9 Å². The summed E-state index contributed by atoms with van der Waals surface area (Å²) in [7, 11) is 0. The van der Waals surface area contributed by atoms with E-state index in [2.05, 4.69) is 20.5 Å². The minimum Gasteiger partial charge on any atom is -0.394 e. The number of aliphatic hydroxyl groups is 1. The Labute approximate surface area is 81.2 Å². The van der Waals surface area contributed by atoms with E-state index in [-0.39, 0.29) is 12.6 Å². The molecule has 3 N–H and O–H groups in total. The largest absolute Gasteiger partial charge is 0.394 e. The number of hydrogen-bond donors (Lipinski definition) is 3. The van der Waals surface area contributed by atoms with Gasteiger partial charge in [-0.05, 0) is 19.1 Å². The number of H-pyrrole nitrogens is 1. The smallest absolute Gasteiger partial charge is 0.157 e. The number of nitrogens with one attached hydrogen (secondary N) is 2. The first kappa shape index (κ1) is 8.96. The van der Waals surface area contributed by atoms with E-state index < -0.39 is 0 Å². The fraction of sp³-hybridized carbons (Fsp3) is 0.333. The Morgan fingerprint density at radius 3 is 3.29 bits per heavy atom. The van der Waals surface area contributed by atoms with Crippen LogP contribution in [-0.4, -0.2) is 32.9 Å². The van der Waals surface area contributed by atoms with Crippen molar-refractivity contribution in [1.29, 1.82) is 0 Å². The molecule has 5 heteroatoms. The molecular weight excluding hydrogens is 180 g/mol. The van der Waals surface area contributed by atoms with Gasteiger partial charge in [-0.2, -0.15) is 5.10 Å². The number of hydrogen-bond acceptors (Lipinski definition) is 4. The Kier molecular flexibility index (Phi) is 2.32. The highest BCUT2D eigenvalue weighted by Gasteiger charge is 2.07. The summed E-state index contributed by atoms with van der Waals surface area (Å²) in [5.41, 5.74) is 0.750. The molecule has 0 aliphatic rings. The lowest BCUT2D eigenvalue weighted by molar-refractivity contribution is 0.281. The highest BCUT2D eigenvalue weighted by atomic mass is 16.3. The van der Waals surface area contributed by atoms with Crippen molar-refractivity contribution < 1.29 is 5.11 Å². The topological polar surface area (TPSA) is 73.8 Å². The van der Waals surface area contributed by atoms with Gasteiger partial charge in [-0.1, -0.05) is 0 Å². The van der Waals surface area contributed by atoms with Crippen LogP contribution in [0.15, 0.2) is 18.3 Å². The molecular formula is C9H12N4O. The van der Waals surface area contributed by atoms with Crippen LogP contribution in [0, 0.1) is 0 Å². The van der Waals surface area contributed by atoms with Gasteiger partial charge in [0.05, 0.1) is 12.0 Å². The van der Waals surface area contributed by atoms with Crippen molar-refractivity contribution in [2.75, 3.05) is 11.9 Å². The van der Waals surface area contributed by atoms with E-state index in [1.807, 2.05) is 19.1 Å². The third-order valence-electron chi connectivity index (χ3n) is 1.99. The first-order valence-electron chi connectivity index (χ1n) is 4.47. The van der Waals surface area contributed by atoms with Crippen LogP contribution in [-0.2, 0) is 0 Å². The van der Waals surface area contributed by atoms with Crippen LogP contribution in [0.2, 0.25) is 0 Å². The number of aliphatic hydroxyl groups excluding tert-OH is 1. The molecule has 0 spiro atoms. The molecule has 14 heavy (non-hydrogen) atoms. The Hall–Kier alpha value is -1.62. The summed E-state index contributed by atoms with van der Waals surface area (Å²) in [6, 6.07) is 3.77. The lowest BCUT2D eigenvalue weighted by Gasteiger charge is -2.08. The molecule has 1 atom stereocenters. The molecule has 1 unspecified atom stereocenters. The Morgan fingerprint density at radius 1 is 1.64 bits per heavy atom. The molecule has 0 saturated carbocycles. The zero-order valence-electron chi connectivity index (χ0n) is 7.86. The molecule has 2 rings (SSSR count). The number of nitrogens with zero attached hydrogens (tertiary/aromatic N) is 2. The van der Waals surface area contributed by atoms with Crippen molar-refractivity contribution in [2.24, 2.45) is 0 Å². The van der Waals surface area contributed by atoms with Crippen molar-refractivity contribution in [3.05, 3.63) is 18.3 Å². The lowest BCUT2D eigenvalue weighted by atomic mass is 10.3. The van der Waals surface area contributed by atoms with Crippen molar-refractivity contribution in [3.63, 3.8) is 0 Å². The van der Waals surface area contributed by atoms with E-state index in [0.717, 1.165) is 16.9 Å². The van der Waals surface area contributed by atoms with Crippen LogP contribution in [0.3, 0.4) is 0 Å². The van der Waals surface area contributed by atoms with Gasteiger partial charge >= 0.3 is 0 Å². The van der Waals surface area contributed by atoms with Crippen LogP contribution in [0.25, 0.3) is 11.0 Å². The van der Waals surface area contributed by atoms with Gasteiger partial charge in [-0.15, -0.1) is 0 Å². The van der Waals surface area contributed by atoms with Gasteiger partial charge in [0, 0.05) is 12.2 Å². The zero-order valence-corrected chi connectivity index (χ0v) is 7.86. The van der Waals surface area contributed by atoms with Gasteiger partial charge in [-0.25, -0.2) is 4.98 Å². The Bertz CT molecular complexity index is 425. The standard InChI is InChI=1S/C9H12N4O/c1-6(5-14)11-9-7-3-2-4-10-8(7)12-13-9/h2-4,6,14H,5H2,1H3,(H2,10,11,12,13). The van der Waals surface area contributed by atoms with E-state index in [1.165, 1.54) is 0 Å². The number of pyridine rings is 1. The van der Waals surface area contributed by atoms with E-state index in [1.54, 1.807) is 6.20 Å².